The summed E-state index contributed by atoms with van der Waals surface area (Å²) in [6.45, 7) is 2.12. The summed E-state index contributed by atoms with van der Waals surface area (Å²) in [5, 5.41) is 0. The molecule has 0 spiro atoms. The number of ether oxygens (including phenoxy) is 1. The van der Waals surface area contributed by atoms with E-state index in [4.69, 9.17) is 4.74 Å². The quantitative estimate of drug-likeness (QED) is 0.389. The van der Waals surface area contributed by atoms with E-state index < -0.39 is 5.97 Å². The van der Waals surface area contributed by atoms with E-state index in [1.165, 1.54) is 6.42 Å². The molecule has 1 aliphatic rings. The summed E-state index contributed by atoms with van der Waals surface area (Å²) in [4.78, 5) is 23.0. The van der Waals surface area contributed by atoms with Crippen LogP contribution in [0.2, 0.25) is 0 Å². The molecule has 0 aromatic heterocycles. The van der Waals surface area contributed by atoms with Crippen LogP contribution in [0.15, 0.2) is 0 Å². The largest absolute Gasteiger partial charge is 0.457 e. The number of esters is 1. The van der Waals surface area contributed by atoms with Crippen LogP contribution in [0.5, 0.6) is 0 Å². The minimum atomic E-state index is -0.603. The Morgan fingerprint density at radius 1 is 1.06 bits per heavy atom. The van der Waals surface area contributed by atoms with Crippen molar-refractivity contribution in [1.29, 1.82) is 0 Å². The lowest BCUT2D eigenvalue weighted by Crippen LogP contribution is -2.26. The maximum atomic E-state index is 11.5. The molecular weight excluding hydrogens is 216 g/mol. The van der Waals surface area contributed by atoms with Gasteiger partial charge in [0.05, 0.1) is 0 Å². The molecule has 0 heterocycles. The molecule has 0 saturated heterocycles. The topological polar surface area (TPSA) is 43.4 Å². The van der Waals surface area contributed by atoms with Crippen molar-refractivity contribution in [2.24, 2.45) is 0 Å². The number of carbonyl (C=O) groups is 2. The SMILES string of the molecule is CCCCCCC(=O)C(=O)OC1CCCCC1. The summed E-state index contributed by atoms with van der Waals surface area (Å²) >= 11 is 0. The highest BCUT2D eigenvalue weighted by Gasteiger charge is 2.21. The lowest BCUT2D eigenvalue weighted by atomic mass is 9.98. The van der Waals surface area contributed by atoms with Crippen LogP contribution in [0.3, 0.4) is 0 Å². The van der Waals surface area contributed by atoms with E-state index in [9.17, 15) is 9.59 Å². The second-order valence-electron chi connectivity index (χ2n) is 4.90. The van der Waals surface area contributed by atoms with Gasteiger partial charge in [0, 0.05) is 6.42 Å². The highest BCUT2D eigenvalue weighted by atomic mass is 16.5. The van der Waals surface area contributed by atoms with Crippen molar-refractivity contribution < 1.29 is 14.3 Å². The molecule has 0 aromatic carbocycles. The monoisotopic (exact) mass is 240 g/mol. The molecular formula is C14H24O3. The Morgan fingerprint density at radius 3 is 2.41 bits per heavy atom. The van der Waals surface area contributed by atoms with Gasteiger partial charge in [-0.3, -0.25) is 4.79 Å². The molecule has 1 fully saturated rings. The summed E-state index contributed by atoms with van der Waals surface area (Å²) < 4.78 is 5.22. The third-order valence-electron chi connectivity index (χ3n) is 3.31. The van der Waals surface area contributed by atoms with Gasteiger partial charge in [0.15, 0.2) is 0 Å². The van der Waals surface area contributed by atoms with E-state index in [0.29, 0.717) is 6.42 Å². The first-order valence-corrected chi connectivity index (χ1v) is 6.98. The minimum absolute atomic E-state index is 0.00385. The Balaban J connectivity index is 2.15. The Bertz CT molecular complexity index is 242. The van der Waals surface area contributed by atoms with Crippen LogP contribution in [0.1, 0.15) is 71.1 Å². The van der Waals surface area contributed by atoms with Gasteiger partial charge in [0.25, 0.3) is 0 Å². The van der Waals surface area contributed by atoms with E-state index in [1.807, 2.05) is 0 Å². The lowest BCUT2D eigenvalue weighted by Gasteiger charge is -2.21. The Labute approximate surface area is 104 Å². The van der Waals surface area contributed by atoms with Crippen molar-refractivity contribution in [3.05, 3.63) is 0 Å². The number of unbranched alkanes of at least 4 members (excludes halogenated alkanes) is 3. The predicted octanol–water partition coefficient (Wildman–Crippen LogP) is 3.40. The highest BCUT2D eigenvalue weighted by molar-refractivity contribution is 6.33. The predicted molar refractivity (Wildman–Crippen MR) is 66.7 cm³/mol. The van der Waals surface area contributed by atoms with E-state index in [0.717, 1.165) is 51.4 Å². The van der Waals surface area contributed by atoms with Crippen molar-refractivity contribution in [3.63, 3.8) is 0 Å². The van der Waals surface area contributed by atoms with Crippen molar-refractivity contribution in [2.45, 2.75) is 77.2 Å². The van der Waals surface area contributed by atoms with Gasteiger partial charge in [-0.05, 0) is 32.1 Å². The molecule has 98 valence electrons. The van der Waals surface area contributed by atoms with Gasteiger partial charge in [0.2, 0.25) is 5.78 Å². The molecule has 0 amide bonds. The molecule has 1 rings (SSSR count). The molecule has 0 aromatic rings. The van der Waals surface area contributed by atoms with Crippen LogP contribution in [-0.2, 0) is 14.3 Å². The molecule has 3 nitrogen and oxygen atoms in total. The summed E-state index contributed by atoms with van der Waals surface area (Å²) in [6, 6.07) is 0. The smallest absolute Gasteiger partial charge is 0.374 e. The Morgan fingerprint density at radius 2 is 1.76 bits per heavy atom. The third kappa shape index (κ3) is 5.85. The maximum Gasteiger partial charge on any atom is 0.374 e. The molecule has 0 N–H and O–H groups in total. The van der Waals surface area contributed by atoms with Gasteiger partial charge in [-0.2, -0.15) is 0 Å². The fourth-order valence-electron chi connectivity index (χ4n) is 2.21. The summed E-state index contributed by atoms with van der Waals surface area (Å²) in [5.74, 6) is -0.944. The van der Waals surface area contributed by atoms with Gasteiger partial charge in [-0.25, -0.2) is 4.79 Å². The summed E-state index contributed by atoms with van der Waals surface area (Å²) in [6.07, 6.45) is 9.76. The number of hydrogen-bond acceptors (Lipinski definition) is 3. The average Bonchev–Trinajstić information content (AvgIpc) is 2.35. The molecule has 0 unspecified atom stereocenters. The molecule has 1 saturated carbocycles. The van der Waals surface area contributed by atoms with Gasteiger partial charge in [0.1, 0.15) is 6.10 Å². The normalized spacial score (nSPS) is 16.8. The van der Waals surface area contributed by atoms with E-state index in [2.05, 4.69) is 6.92 Å². The fraction of sp³-hybridized carbons (Fsp3) is 0.857. The van der Waals surface area contributed by atoms with Crippen molar-refractivity contribution in [3.8, 4) is 0 Å². The maximum absolute atomic E-state index is 11.5. The zero-order valence-corrected chi connectivity index (χ0v) is 10.9. The summed E-state index contributed by atoms with van der Waals surface area (Å²) in [5.41, 5.74) is 0. The minimum Gasteiger partial charge on any atom is -0.457 e. The number of rotatable bonds is 7. The number of hydrogen-bond donors (Lipinski definition) is 0. The standard InChI is InChI=1S/C14H24O3/c1-2-3-4-8-11-13(15)14(16)17-12-9-6-5-7-10-12/h12H,2-11H2,1H3. The van der Waals surface area contributed by atoms with Gasteiger partial charge in [-0.15, -0.1) is 0 Å². The van der Waals surface area contributed by atoms with Crippen LogP contribution in [0.25, 0.3) is 0 Å². The molecule has 0 atom stereocenters. The van der Waals surface area contributed by atoms with Crippen molar-refractivity contribution in [2.75, 3.05) is 0 Å². The van der Waals surface area contributed by atoms with Gasteiger partial charge in [-0.1, -0.05) is 32.6 Å². The lowest BCUT2D eigenvalue weighted by molar-refractivity contribution is -0.159. The van der Waals surface area contributed by atoms with E-state index in [-0.39, 0.29) is 11.9 Å². The van der Waals surface area contributed by atoms with Gasteiger partial charge < -0.3 is 4.74 Å². The second kappa shape index (κ2) is 8.26. The molecule has 0 aliphatic heterocycles. The number of Topliss-reactive ketones (excluding diaryl/α,β-unsaturated/α-hetero) is 1. The number of carbonyl (C=O) groups excluding carboxylic acids is 2. The Hall–Kier alpha value is -0.860. The van der Waals surface area contributed by atoms with Crippen LogP contribution in [0, 0.1) is 0 Å². The third-order valence-corrected chi connectivity index (χ3v) is 3.31. The summed E-state index contributed by atoms with van der Waals surface area (Å²) in [7, 11) is 0. The second-order valence-corrected chi connectivity index (χ2v) is 4.90. The first-order chi connectivity index (χ1) is 8.24. The van der Waals surface area contributed by atoms with E-state index in [1.54, 1.807) is 0 Å². The highest BCUT2D eigenvalue weighted by Crippen LogP contribution is 2.20. The number of ketones is 1. The zero-order valence-electron chi connectivity index (χ0n) is 10.9. The molecule has 17 heavy (non-hydrogen) atoms. The zero-order chi connectivity index (χ0) is 12.5. The first kappa shape index (κ1) is 14.2. The molecule has 0 bridgehead atoms. The van der Waals surface area contributed by atoms with Crippen LogP contribution >= 0.6 is 0 Å². The fourth-order valence-corrected chi connectivity index (χ4v) is 2.21. The van der Waals surface area contributed by atoms with Crippen LogP contribution in [0.4, 0.5) is 0 Å². The Kier molecular flexibility index (Phi) is 6.90. The van der Waals surface area contributed by atoms with Crippen LogP contribution < -0.4 is 0 Å². The molecule has 3 heteroatoms. The average molecular weight is 240 g/mol. The van der Waals surface area contributed by atoms with Crippen molar-refractivity contribution in [1.82, 2.24) is 0 Å². The molecule has 0 radical (unpaired) electrons. The first-order valence-electron chi connectivity index (χ1n) is 6.98. The van der Waals surface area contributed by atoms with Gasteiger partial charge >= 0.3 is 5.97 Å². The molecule has 1 aliphatic carbocycles. The van der Waals surface area contributed by atoms with E-state index >= 15 is 0 Å². The van der Waals surface area contributed by atoms with Crippen LogP contribution in [-0.4, -0.2) is 17.9 Å². The van der Waals surface area contributed by atoms with Crippen molar-refractivity contribution >= 4 is 11.8 Å².